The van der Waals surface area contributed by atoms with E-state index in [1.54, 1.807) is 0 Å². The highest BCUT2D eigenvalue weighted by molar-refractivity contribution is 9.10. The largest absolute Gasteiger partial charge is 0.467 e. The Morgan fingerprint density at radius 3 is 2.67 bits per heavy atom. The molecule has 2 unspecified atom stereocenters. The van der Waals surface area contributed by atoms with Gasteiger partial charge in [0.2, 0.25) is 0 Å². The SMILES string of the molecule is COC(=O)C1(Nc2cccc(Br)c2)CCC(C)(C)CC1C. The first-order chi connectivity index (χ1) is 9.79. The van der Waals surface area contributed by atoms with Gasteiger partial charge in [-0.25, -0.2) is 4.79 Å². The molecule has 1 aromatic carbocycles. The summed E-state index contributed by atoms with van der Waals surface area (Å²) >= 11 is 3.48. The number of esters is 1. The first-order valence-electron chi connectivity index (χ1n) is 7.41. The summed E-state index contributed by atoms with van der Waals surface area (Å²) in [5.74, 6) is 0.0538. The lowest BCUT2D eigenvalue weighted by molar-refractivity contribution is -0.150. The Hall–Kier alpha value is -1.03. The second kappa shape index (κ2) is 5.99. The summed E-state index contributed by atoms with van der Waals surface area (Å²) in [6.45, 7) is 6.68. The fourth-order valence-electron chi connectivity index (χ4n) is 3.43. The first-order valence-corrected chi connectivity index (χ1v) is 8.20. The van der Waals surface area contributed by atoms with E-state index in [4.69, 9.17) is 4.74 Å². The molecule has 0 aromatic heterocycles. The third-order valence-corrected chi connectivity index (χ3v) is 5.13. The highest BCUT2D eigenvalue weighted by Crippen LogP contribution is 2.46. The number of anilines is 1. The molecular formula is C17H24BrNO2. The van der Waals surface area contributed by atoms with E-state index in [1.165, 1.54) is 7.11 Å². The summed E-state index contributed by atoms with van der Waals surface area (Å²) in [6, 6.07) is 7.93. The molecule has 0 aliphatic heterocycles. The summed E-state index contributed by atoms with van der Waals surface area (Å²) < 4.78 is 6.12. The quantitative estimate of drug-likeness (QED) is 0.805. The molecule has 2 rings (SSSR count). The van der Waals surface area contributed by atoms with Crippen molar-refractivity contribution >= 4 is 27.6 Å². The average molecular weight is 354 g/mol. The number of ether oxygens (including phenoxy) is 1. The zero-order valence-electron chi connectivity index (χ0n) is 13.2. The van der Waals surface area contributed by atoms with Crippen LogP contribution in [-0.4, -0.2) is 18.6 Å². The zero-order chi connectivity index (χ0) is 15.7. The minimum atomic E-state index is -0.634. The van der Waals surface area contributed by atoms with Crippen LogP contribution in [0.2, 0.25) is 0 Å². The zero-order valence-corrected chi connectivity index (χ0v) is 14.8. The Kier molecular flexibility index (Phi) is 4.66. The lowest BCUT2D eigenvalue weighted by atomic mass is 9.63. The molecule has 4 heteroatoms. The molecule has 0 bridgehead atoms. The van der Waals surface area contributed by atoms with E-state index in [2.05, 4.69) is 42.0 Å². The van der Waals surface area contributed by atoms with Crippen molar-refractivity contribution in [2.45, 2.75) is 45.6 Å². The van der Waals surface area contributed by atoms with Gasteiger partial charge in [-0.05, 0) is 48.8 Å². The fourth-order valence-corrected chi connectivity index (χ4v) is 3.83. The number of carbonyl (C=O) groups excluding carboxylic acids is 1. The van der Waals surface area contributed by atoms with E-state index in [9.17, 15) is 4.79 Å². The molecule has 1 aromatic rings. The molecule has 116 valence electrons. The molecule has 0 radical (unpaired) electrons. The van der Waals surface area contributed by atoms with Crippen LogP contribution in [0.3, 0.4) is 0 Å². The van der Waals surface area contributed by atoms with Crippen molar-refractivity contribution in [3.8, 4) is 0 Å². The maximum Gasteiger partial charge on any atom is 0.331 e. The maximum atomic E-state index is 12.5. The van der Waals surface area contributed by atoms with Gasteiger partial charge in [-0.15, -0.1) is 0 Å². The van der Waals surface area contributed by atoms with Crippen molar-refractivity contribution in [3.05, 3.63) is 28.7 Å². The molecule has 1 N–H and O–H groups in total. The van der Waals surface area contributed by atoms with E-state index in [0.29, 0.717) is 0 Å². The number of benzene rings is 1. The van der Waals surface area contributed by atoms with Crippen LogP contribution in [0.15, 0.2) is 28.7 Å². The van der Waals surface area contributed by atoms with Crippen LogP contribution < -0.4 is 5.32 Å². The molecule has 3 nitrogen and oxygen atoms in total. The average Bonchev–Trinajstić information content (AvgIpc) is 2.41. The van der Waals surface area contributed by atoms with Crippen LogP contribution in [0, 0.1) is 11.3 Å². The molecule has 0 spiro atoms. The molecule has 0 amide bonds. The molecule has 1 aliphatic carbocycles. The minimum Gasteiger partial charge on any atom is -0.467 e. The van der Waals surface area contributed by atoms with Crippen LogP contribution >= 0.6 is 15.9 Å². The fraction of sp³-hybridized carbons (Fsp3) is 0.588. The topological polar surface area (TPSA) is 38.3 Å². The van der Waals surface area contributed by atoms with Gasteiger partial charge in [-0.1, -0.05) is 42.8 Å². The van der Waals surface area contributed by atoms with Gasteiger partial charge in [0.15, 0.2) is 0 Å². The predicted molar refractivity (Wildman–Crippen MR) is 89.3 cm³/mol. The van der Waals surface area contributed by atoms with E-state index in [1.807, 2.05) is 24.3 Å². The Balaban J connectivity index is 2.32. The third kappa shape index (κ3) is 3.42. The third-order valence-electron chi connectivity index (χ3n) is 4.64. The number of methoxy groups -OCH3 is 1. The number of hydrogen-bond acceptors (Lipinski definition) is 3. The number of rotatable bonds is 3. The molecule has 21 heavy (non-hydrogen) atoms. The van der Waals surface area contributed by atoms with E-state index in [-0.39, 0.29) is 17.3 Å². The number of carbonyl (C=O) groups is 1. The highest BCUT2D eigenvalue weighted by Gasteiger charge is 2.50. The maximum absolute atomic E-state index is 12.5. The van der Waals surface area contributed by atoms with Crippen molar-refractivity contribution in [1.29, 1.82) is 0 Å². The number of halogens is 1. The van der Waals surface area contributed by atoms with Crippen LogP contribution in [0.1, 0.15) is 40.0 Å². The monoisotopic (exact) mass is 353 g/mol. The standard InChI is InChI=1S/C17H24BrNO2/c1-12-11-16(2,3)8-9-17(12,15(20)21-4)19-14-7-5-6-13(18)10-14/h5-7,10,12,19H,8-9,11H2,1-4H3. The van der Waals surface area contributed by atoms with Gasteiger partial charge in [0.05, 0.1) is 7.11 Å². The van der Waals surface area contributed by atoms with E-state index < -0.39 is 5.54 Å². The van der Waals surface area contributed by atoms with Crippen molar-refractivity contribution < 1.29 is 9.53 Å². The van der Waals surface area contributed by atoms with Gasteiger partial charge >= 0.3 is 5.97 Å². The van der Waals surface area contributed by atoms with Crippen molar-refractivity contribution in [2.24, 2.45) is 11.3 Å². The normalized spacial score (nSPS) is 28.0. The first kappa shape index (κ1) is 16.3. The Labute approximate surface area is 135 Å². The number of nitrogens with one attached hydrogen (secondary N) is 1. The van der Waals surface area contributed by atoms with E-state index >= 15 is 0 Å². The molecule has 0 heterocycles. The van der Waals surface area contributed by atoms with Gasteiger partial charge in [0, 0.05) is 10.2 Å². The van der Waals surface area contributed by atoms with Gasteiger partial charge in [-0.3, -0.25) is 0 Å². The second-order valence-corrected chi connectivity index (χ2v) is 7.78. The lowest BCUT2D eigenvalue weighted by Gasteiger charge is -2.47. The molecule has 1 saturated carbocycles. The van der Waals surface area contributed by atoms with Gasteiger partial charge in [-0.2, -0.15) is 0 Å². The lowest BCUT2D eigenvalue weighted by Crippen LogP contribution is -2.56. The molecule has 1 aliphatic rings. The van der Waals surface area contributed by atoms with Crippen molar-refractivity contribution in [3.63, 3.8) is 0 Å². The summed E-state index contributed by atoms with van der Waals surface area (Å²) in [7, 11) is 1.47. The highest BCUT2D eigenvalue weighted by atomic mass is 79.9. The Morgan fingerprint density at radius 1 is 1.38 bits per heavy atom. The molecule has 2 atom stereocenters. The predicted octanol–water partition coefficient (Wildman–Crippen LogP) is 4.62. The summed E-state index contributed by atoms with van der Waals surface area (Å²) in [6.07, 6.45) is 2.80. The molecule has 1 fully saturated rings. The summed E-state index contributed by atoms with van der Waals surface area (Å²) in [5, 5.41) is 3.47. The van der Waals surface area contributed by atoms with Crippen molar-refractivity contribution in [1.82, 2.24) is 0 Å². The summed E-state index contributed by atoms with van der Waals surface area (Å²) in [5.41, 5.74) is 0.586. The van der Waals surface area contributed by atoms with Crippen LogP contribution in [-0.2, 0) is 9.53 Å². The molecular weight excluding hydrogens is 330 g/mol. The van der Waals surface area contributed by atoms with Gasteiger partial charge in [0.25, 0.3) is 0 Å². The Morgan fingerprint density at radius 2 is 2.10 bits per heavy atom. The molecule has 0 saturated heterocycles. The smallest absolute Gasteiger partial charge is 0.331 e. The summed E-state index contributed by atoms with van der Waals surface area (Å²) in [4.78, 5) is 12.5. The van der Waals surface area contributed by atoms with Gasteiger partial charge in [0.1, 0.15) is 5.54 Å². The minimum absolute atomic E-state index is 0.162. The van der Waals surface area contributed by atoms with Crippen molar-refractivity contribution in [2.75, 3.05) is 12.4 Å². The van der Waals surface area contributed by atoms with E-state index in [0.717, 1.165) is 29.4 Å². The number of hydrogen-bond donors (Lipinski definition) is 1. The second-order valence-electron chi connectivity index (χ2n) is 6.87. The van der Waals surface area contributed by atoms with Crippen LogP contribution in [0.25, 0.3) is 0 Å². The van der Waals surface area contributed by atoms with Gasteiger partial charge < -0.3 is 10.1 Å². The Bertz CT molecular complexity index is 529. The van der Waals surface area contributed by atoms with Crippen LogP contribution in [0.5, 0.6) is 0 Å². The van der Waals surface area contributed by atoms with Crippen LogP contribution in [0.4, 0.5) is 5.69 Å².